The first-order chi connectivity index (χ1) is 12.6. The lowest BCUT2D eigenvalue weighted by molar-refractivity contribution is 0.601. The van der Waals surface area contributed by atoms with E-state index in [0.29, 0.717) is 5.03 Å². The van der Waals surface area contributed by atoms with Crippen molar-refractivity contribution in [2.45, 2.75) is 16.8 Å². The van der Waals surface area contributed by atoms with Crippen LogP contribution in [0.15, 0.2) is 70.6 Å². The fourth-order valence-corrected chi connectivity index (χ4v) is 4.23. The van der Waals surface area contributed by atoms with Crippen LogP contribution in [0.1, 0.15) is 12.5 Å². The molecule has 6 nitrogen and oxygen atoms in total. The summed E-state index contributed by atoms with van der Waals surface area (Å²) in [6.45, 7) is 1.96. The molecule has 0 bridgehead atoms. The Kier molecular flexibility index (Phi) is 5.30. The summed E-state index contributed by atoms with van der Waals surface area (Å²) in [6.07, 6.45) is 0. The van der Waals surface area contributed by atoms with Gasteiger partial charge in [-0.25, -0.2) is 13.1 Å². The van der Waals surface area contributed by atoms with E-state index in [-0.39, 0.29) is 16.3 Å². The summed E-state index contributed by atoms with van der Waals surface area (Å²) in [4.78, 5) is 0.114. The van der Waals surface area contributed by atoms with Crippen LogP contribution >= 0.6 is 11.8 Å². The molecule has 0 saturated carbocycles. The van der Waals surface area contributed by atoms with Crippen molar-refractivity contribution in [3.8, 4) is 11.8 Å². The van der Waals surface area contributed by atoms with E-state index >= 15 is 0 Å². The summed E-state index contributed by atoms with van der Waals surface area (Å²) in [7, 11) is -3.83. The fraction of sp³-hybridized carbons (Fsp3) is 0.111. The molecule has 2 aromatic carbocycles. The number of rotatable bonds is 6. The van der Waals surface area contributed by atoms with Gasteiger partial charge in [-0.3, -0.25) is 4.72 Å². The highest BCUT2D eigenvalue weighted by atomic mass is 32.2. The molecule has 26 heavy (non-hydrogen) atoms. The molecule has 0 atom stereocenters. The molecule has 0 amide bonds. The number of nitrogens with one attached hydrogen (secondary N) is 1. The van der Waals surface area contributed by atoms with Crippen molar-refractivity contribution in [3.63, 3.8) is 0 Å². The third kappa shape index (κ3) is 3.59. The molecular weight excluding hydrogens is 368 g/mol. The number of hydrogen-bond acceptors (Lipinski definition) is 5. The second kappa shape index (κ2) is 7.64. The van der Waals surface area contributed by atoms with Crippen LogP contribution in [-0.4, -0.2) is 24.0 Å². The number of aromatic nitrogens is 2. The minimum atomic E-state index is -3.83. The van der Waals surface area contributed by atoms with Crippen molar-refractivity contribution in [1.82, 2.24) is 9.78 Å². The smallest absolute Gasteiger partial charge is 0.261 e. The van der Waals surface area contributed by atoms with Gasteiger partial charge in [0.1, 0.15) is 16.7 Å². The minimum absolute atomic E-state index is 0.0242. The maximum absolute atomic E-state index is 12.6. The Morgan fingerprint density at radius 3 is 2.31 bits per heavy atom. The summed E-state index contributed by atoms with van der Waals surface area (Å²) in [6, 6.07) is 19.4. The molecule has 0 aliphatic rings. The predicted molar refractivity (Wildman–Crippen MR) is 102 cm³/mol. The van der Waals surface area contributed by atoms with E-state index in [9.17, 15) is 13.7 Å². The third-order valence-electron chi connectivity index (χ3n) is 3.52. The van der Waals surface area contributed by atoms with Gasteiger partial charge in [-0.15, -0.1) is 16.9 Å². The van der Waals surface area contributed by atoms with E-state index in [2.05, 4.69) is 15.9 Å². The van der Waals surface area contributed by atoms with Crippen molar-refractivity contribution >= 4 is 27.6 Å². The molecule has 0 unspecified atom stereocenters. The standard InChI is InChI=1S/C18H16N4O2S2/c1-2-25-18-16(13-19)17(20-22(18)14-9-5-3-6-10-14)21-26(23,24)15-11-7-4-8-12-15/h3-12H,2H2,1H3,(H,20,21). The molecule has 0 aliphatic heterocycles. The number of benzene rings is 2. The Morgan fingerprint density at radius 2 is 1.73 bits per heavy atom. The lowest BCUT2D eigenvalue weighted by Crippen LogP contribution is -2.14. The Balaban J connectivity index is 2.10. The molecule has 132 valence electrons. The molecule has 1 N–H and O–H groups in total. The van der Waals surface area contributed by atoms with Crippen molar-refractivity contribution in [1.29, 1.82) is 5.26 Å². The SMILES string of the molecule is CCSc1c(C#N)c(NS(=O)(=O)c2ccccc2)nn1-c1ccccc1. The number of anilines is 1. The number of para-hydroxylation sites is 1. The number of thioether (sulfide) groups is 1. The van der Waals surface area contributed by atoms with Gasteiger partial charge in [-0.2, -0.15) is 5.26 Å². The number of sulfonamides is 1. The Morgan fingerprint density at radius 1 is 1.12 bits per heavy atom. The quantitative estimate of drug-likeness (QED) is 0.655. The highest BCUT2D eigenvalue weighted by molar-refractivity contribution is 7.99. The highest BCUT2D eigenvalue weighted by Crippen LogP contribution is 2.31. The van der Waals surface area contributed by atoms with E-state index in [0.717, 1.165) is 11.4 Å². The van der Waals surface area contributed by atoms with Gasteiger partial charge < -0.3 is 0 Å². The average molecular weight is 384 g/mol. The number of nitrogens with zero attached hydrogens (tertiary/aromatic N) is 3. The lowest BCUT2D eigenvalue weighted by Gasteiger charge is -2.05. The third-order valence-corrected chi connectivity index (χ3v) is 5.82. The molecule has 0 radical (unpaired) electrons. The molecule has 3 aromatic rings. The van der Waals surface area contributed by atoms with E-state index in [1.165, 1.54) is 23.9 Å². The first-order valence-corrected chi connectivity index (χ1v) is 10.3. The highest BCUT2D eigenvalue weighted by Gasteiger charge is 2.23. The van der Waals surface area contributed by atoms with Crippen molar-refractivity contribution < 1.29 is 8.42 Å². The van der Waals surface area contributed by atoms with Crippen LogP contribution in [0.3, 0.4) is 0 Å². The fourth-order valence-electron chi connectivity index (χ4n) is 2.37. The minimum Gasteiger partial charge on any atom is -0.261 e. The van der Waals surface area contributed by atoms with Crippen LogP contribution in [-0.2, 0) is 10.0 Å². The zero-order valence-corrected chi connectivity index (χ0v) is 15.6. The molecule has 1 heterocycles. The second-order valence-corrected chi connectivity index (χ2v) is 8.17. The van der Waals surface area contributed by atoms with Gasteiger partial charge in [0.15, 0.2) is 5.82 Å². The molecule has 0 aliphatic carbocycles. The zero-order valence-electron chi connectivity index (χ0n) is 14.0. The summed E-state index contributed by atoms with van der Waals surface area (Å²) in [5.41, 5.74) is 0.963. The van der Waals surface area contributed by atoms with E-state index < -0.39 is 10.0 Å². The summed E-state index contributed by atoms with van der Waals surface area (Å²) in [5, 5.41) is 14.6. The average Bonchev–Trinajstić information content (AvgIpc) is 3.00. The maximum Gasteiger partial charge on any atom is 0.263 e. The molecule has 3 rings (SSSR count). The molecule has 8 heteroatoms. The van der Waals surface area contributed by atoms with Crippen molar-refractivity contribution in [3.05, 3.63) is 66.2 Å². The first-order valence-electron chi connectivity index (χ1n) is 7.86. The predicted octanol–water partition coefficient (Wildman–Crippen LogP) is 3.66. The van der Waals surface area contributed by atoms with Gasteiger partial charge in [0.2, 0.25) is 0 Å². The normalized spacial score (nSPS) is 11.1. The zero-order chi connectivity index (χ0) is 18.6. The van der Waals surface area contributed by atoms with Gasteiger partial charge in [0.05, 0.1) is 10.6 Å². The summed E-state index contributed by atoms with van der Waals surface area (Å²) >= 11 is 1.43. The topological polar surface area (TPSA) is 87.8 Å². The van der Waals surface area contributed by atoms with Gasteiger partial charge in [0, 0.05) is 0 Å². The Hall–Kier alpha value is -2.76. The molecule has 0 fully saturated rings. The lowest BCUT2D eigenvalue weighted by atomic mass is 10.3. The molecule has 0 spiro atoms. The van der Waals surface area contributed by atoms with E-state index in [1.807, 2.05) is 37.3 Å². The summed E-state index contributed by atoms with van der Waals surface area (Å²) < 4.78 is 29.3. The van der Waals surface area contributed by atoms with Gasteiger partial charge in [-0.1, -0.05) is 43.3 Å². The van der Waals surface area contributed by atoms with Crippen LogP contribution in [0.25, 0.3) is 5.69 Å². The van der Waals surface area contributed by atoms with Crippen LogP contribution < -0.4 is 4.72 Å². The van der Waals surface area contributed by atoms with E-state index in [4.69, 9.17) is 0 Å². The Labute approximate surface area is 156 Å². The maximum atomic E-state index is 12.6. The van der Waals surface area contributed by atoms with Gasteiger partial charge in [-0.05, 0) is 30.0 Å². The van der Waals surface area contributed by atoms with Crippen LogP contribution in [0.2, 0.25) is 0 Å². The van der Waals surface area contributed by atoms with Crippen LogP contribution in [0, 0.1) is 11.3 Å². The van der Waals surface area contributed by atoms with E-state index in [1.54, 1.807) is 22.9 Å². The number of nitriles is 1. The molecule has 1 aromatic heterocycles. The van der Waals surface area contributed by atoms with Crippen molar-refractivity contribution in [2.75, 3.05) is 10.5 Å². The van der Waals surface area contributed by atoms with Crippen molar-refractivity contribution in [2.24, 2.45) is 0 Å². The monoisotopic (exact) mass is 384 g/mol. The largest absolute Gasteiger partial charge is 0.263 e. The molecular formula is C18H16N4O2S2. The summed E-state index contributed by atoms with van der Waals surface area (Å²) in [5.74, 6) is 0.745. The van der Waals surface area contributed by atoms with Gasteiger partial charge in [0.25, 0.3) is 10.0 Å². The van der Waals surface area contributed by atoms with Crippen LogP contribution in [0.4, 0.5) is 5.82 Å². The van der Waals surface area contributed by atoms with Gasteiger partial charge >= 0.3 is 0 Å². The second-order valence-electron chi connectivity index (χ2n) is 5.24. The van der Waals surface area contributed by atoms with Crippen LogP contribution in [0.5, 0.6) is 0 Å². The molecule has 0 saturated heterocycles. The number of hydrogen-bond donors (Lipinski definition) is 1. The first kappa shape index (κ1) is 18.0. The Bertz CT molecular complexity index is 1040.